The van der Waals surface area contributed by atoms with Crippen LogP contribution in [0, 0.1) is 5.92 Å². The molecule has 1 atom stereocenters. The number of nitrogens with two attached hydrogens (primary N) is 1. The molecule has 86 valence electrons. The van der Waals surface area contributed by atoms with E-state index >= 15 is 0 Å². The van der Waals surface area contributed by atoms with Crippen molar-refractivity contribution in [2.45, 2.75) is 31.0 Å². The maximum atomic E-state index is 11.8. The smallest absolute Gasteiger partial charge is 0.250 e. The second kappa shape index (κ2) is 4.51. The Hall–Kier alpha value is -0.590. The fourth-order valence-corrected chi connectivity index (χ4v) is 3.40. The fraction of sp³-hybridized carbons (Fsp3) is 0.556. The summed E-state index contributed by atoms with van der Waals surface area (Å²) in [7, 11) is -3.40. The van der Waals surface area contributed by atoms with Crippen molar-refractivity contribution in [1.82, 2.24) is 4.72 Å². The topological polar surface area (TPSA) is 72.2 Å². The average molecular weight is 248 g/mol. The van der Waals surface area contributed by atoms with E-state index in [4.69, 9.17) is 5.73 Å². The maximum absolute atomic E-state index is 11.8. The minimum absolute atomic E-state index is 0.0849. The van der Waals surface area contributed by atoms with Crippen molar-refractivity contribution < 1.29 is 8.42 Å². The minimum atomic E-state index is -3.40. The molecule has 0 fully saturated rings. The van der Waals surface area contributed by atoms with Crippen molar-refractivity contribution in [2.75, 3.05) is 5.73 Å². The van der Waals surface area contributed by atoms with Crippen LogP contribution in [0.15, 0.2) is 15.7 Å². The lowest BCUT2D eigenvalue weighted by atomic mass is 10.1. The van der Waals surface area contributed by atoms with Crippen molar-refractivity contribution in [3.63, 3.8) is 0 Å². The first kappa shape index (κ1) is 12.5. The minimum Gasteiger partial charge on any atom is -0.398 e. The molecule has 0 saturated carbocycles. The monoisotopic (exact) mass is 248 g/mol. The van der Waals surface area contributed by atoms with Gasteiger partial charge < -0.3 is 5.73 Å². The summed E-state index contributed by atoms with van der Waals surface area (Å²) in [6, 6.07) is 1.39. The SMILES string of the molecule is CC(C)C(C)NS(=O)(=O)c1cc(N)cs1. The van der Waals surface area contributed by atoms with Crippen LogP contribution < -0.4 is 10.5 Å². The number of hydrogen-bond donors (Lipinski definition) is 2. The Morgan fingerprint density at radius 2 is 2.00 bits per heavy atom. The maximum Gasteiger partial charge on any atom is 0.250 e. The summed E-state index contributed by atoms with van der Waals surface area (Å²) in [4.78, 5) is 0. The third-order valence-corrected chi connectivity index (χ3v) is 5.22. The van der Waals surface area contributed by atoms with Gasteiger partial charge in [-0.25, -0.2) is 13.1 Å². The van der Waals surface area contributed by atoms with Gasteiger partial charge in [-0.1, -0.05) is 13.8 Å². The summed E-state index contributed by atoms with van der Waals surface area (Å²) in [5.74, 6) is 0.261. The lowest BCUT2D eigenvalue weighted by Gasteiger charge is -2.16. The molecule has 1 aromatic rings. The Labute approximate surface area is 94.5 Å². The molecule has 0 amide bonds. The second-order valence-electron chi connectivity index (χ2n) is 3.85. The zero-order valence-electron chi connectivity index (χ0n) is 9.02. The highest BCUT2D eigenvalue weighted by Gasteiger charge is 2.20. The molecule has 6 heteroatoms. The van der Waals surface area contributed by atoms with Crippen LogP contribution in [-0.2, 0) is 10.0 Å². The molecule has 0 radical (unpaired) electrons. The standard InChI is InChI=1S/C9H16N2O2S2/c1-6(2)7(3)11-15(12,13)9-4-8(10)5-14-9/h4-7,11H,10H2,1-3H3. The van der Waals surface area contributed by atoms with Crippen LogP contribution in [0.5, 0.6) is 0 Å². The van der Waals surface area contributed by atoms with E-state index in [-0.39, 0.29) is 16.2 Å². The average Bonchev–Trinajstić information content (AvgIpc) is 2.51. The Bertz CT molecular complexity index is 423. The Morgan fingerprint density at radius 3 is 2.40 bits per heavy atom. The fourth-order valence-electron chi connectivity index (χ4n) is 0.910. The van der Waals surface area contributed by atoms with E-state index in [0.717, 1.165) is 11.3 Å². The van der Waals surface area contributed by atoms with E-state index in [1.165, 1.54) is 6.07 Å². The van der Waals surface area contributed by atoms with E-state index in [1.807, 2.05) is 20.8 Å². The van der Waals surface area contributed by atoms with Crippen LogP contribution in [0.2, 0.25) is 0 Å². The summed E-state index contributed by atoms with van der Waals surface area (Å²) in [5, 5.41) is 1.62. The quantitative estimate of drug-likeness (QED) is 0.851. The van der Waals surface area contributed by atoms with Gasteiger partial charge in [0.25, 0.3) is 0 Å². The second-order valence-corrected chi connectivity index (χ2v) is 6.71. The first-order chi connectivity index (χ1) is 6.83. The molecule has 4 nitrogen and oxygen atoms in total. The van der Waals surface area contributed by atoms with Gasteiger partial charge in [0.05, 0.1) is 0 Å². The number of anilines is 1. The highest BCUT2D eigenvalue weighted by molar-refractivity contribution is 7.91. The number of rotatable bonds is 4. The zero-order chi connectivity index (χ0) is 11.6. The van der Waals surface area contributed by atoms with Crippen LogP contribution in [-0.4, -0.2) is 14.5 Å². The number of hydrogen-bond acceptors (Lipinski definition) is 4. The van der Waals surface area contributed by atoms with Gasteiger partial charge in [0.2, 0.25) is 10.0 Å². The Kier molecular flexibility index (Phi) is 3.75. The molecule has 0 aliphatic heterocycles. The summed E-state index contributed by atoms with van der Waals surface area (Å²) < 4.78 is 26.5. The van der Waals surface area contributed by atoms with Gasteiger partial charge in [-0.2, -0.15) is 0 Å². The van der Waals surface area contributed by atoms with Crippen molar-refractivity contribution in [3.05, 3.63) is 11.4 Å². The molecule has 15 heavy (non-hydrogen) atoms. The summed E-state index contributed by atoms with van der Waals surface area (Å²) in [6.07, 6.45) is 0. The van der Waals surface area contributed by atoms with Gasteiger partial charge in [-0.05, 0) is 18.9 Å². The van der Waals surface area contributed by atoms with Crippen LogP contribution in [0.1, 0.15) is 20.8 Å². The molecule has 0 spiro atoms. The predicted octanol–water partition coefficient (Wildman–Crippen LogP) is 1.65. The zero-order valence-corrected chi connectivity index (χ0v) is 10.7. The highest BCUT2D eigenvalue weighted by atomic mass is 32.2. The molecule has 0 aliphatic carbocycles. The molecular weight excluding hydrogens is 232 g/mol. The molecule has 1 aromatic heterocycles. The van der Waals surface area contributed by atoms with Crippen LogP contribution in [0.3, 0.4) is 0 Å². The predicted molar refractivity (Wildman–Crippen MR) is 63.4 cm³/mol. The van der Waals surface area contributed by atoms with Gasteiger partial charge >= 0.3 is 0 Å². The van der Waals surface area contributed by atoms with Crippen molar-refractivity contribution >= 4 is 27.0 Å². The number of nitrogens with one attached hydrogen (secondary N) is 1. The first-order valence-electron chi connectivity index (χ1n) is 4.69. The van der Waals surface area contributed by atoms with E-state index in [9.17, 15) is 8.42 Å². The van der Waals surface area contributed by atoms with Crippen LogP contribution >= 0.6 is 11.3 Å². The Morgan fingerprint density at radius 1 is 1.40 bits per heavy atom. The molecule has 3 N–H and O–H groups in total. The van der Waals surface area contributed by atoms with Crippen molar-refractivity contribution in [2.24, 2.45) is 5.92 Å². The Balaban J connectivity index is 2.85. The summed E-state index contributed by atoms with van der Waals surface area (Å²) in [6.45, 7) is 5.78. The van der Waals surface area contributed by atoms with Gasteiger partial charge in [0, 0.05) is 17.1 Å². The molecule has 1 heterocycles. The lowest BCUT2D eigenvalue weighted by Crippen LogP contribution is -2.35. The summed E-state index contributed by atoms with van der Waals surface area (Å²) >= 11 is 1.13. The lowest BCUT2D eigenvalue weighted by molar-refractivity contribution is 0.477. The molecule has 0 aliphatic rings. The first-order valence-corrected chi connectivity index (χ1v) is 7.05. The van der Waals surface area contributed by atoms with Crippen molar-refractivity contribution in [3.8, 4) is 0 Å². The molecule has 0 aromatic carbocycles. The van der Waals surface area contributed by atoms with Gasteiger partial charge in [0.1, 0.15) is 4.21 Å². The number of sulfonamides is 1. The third kappa shape index (κ3) is 3.19. The summed E-state index contributed by atoms with van der Waals surface area (Å²) in [5.41, 5.74) is 5.97. The molecule has 0 bridgehead atoms. The largest absolute Gasteiger partial charge is 0.398 e. The van der Waals surface area contributed by atoms with Gasteiger partial charge in [-0.3, -0.25) is 0 Å². The molecule has 0 saturated heterocycles. The van der Waals surface area contributed by atoms with Gasteiger partial charge in [-0.15, -0.1) is 11.3 Å². The van der Waals surface area contributed by atoms with E-state index < -0.39 is 10.0 Å². The number of thiophene rings is 1. The highest BCUT2D eigenvalue weighted by Crippen LogP contribution is 2.22. The molecule has 1 unspecified atom stereocenters. The van der Waals surface area contributed by atoms with Gasteiger partial charge in [0.15, 0.2) is 0 Å². The normalized spacial score (nSPS) is 14.4. The van der Waals surface area contributed by atoms with Crippen molar-refractivity contribution in [1.29, 1.82) is 0 Å². The molecule has 1 rings (SSSR count). The van der Waals surface area contributed by atoms with E-state index in [1.54, 1.807) is 5.38 Å². The third-order valence-electron chi connectivity index (χ3n) is 2.20. The van der Waals surface area contributed by atoms with Crippen LogP contribution in [0.25, 0.3) is 0 Å². The van der Waals surface area contributed by atoms with Crippen LogP contribution in [0.4, 0.5) is 5.69 Å². The van der Waals surface area contributed by atoms with E-state index in [0.29, 0.717) is 5.69 Å². The van der Waals surface area contributed by atoms with E-state index in [2.05, 4.69) is 4.72 Å². The number of nitrogen functional groups attached to an aromatic ring is 1. The molecular formula is C9H16N2O2S2.